The van der Waals surface area contributed by atoms with Crippen LogP contribution in [0.15, 0.2) is 0 Å². The molecule has 154 valence electrons. The predicted molar refractivity (Wildman–Crippen MR) is 77.8 cm³/mol. The molecule has 4 amide bonds. The van der Waals surface area contributed by atoms with Crippen molar-refractivity contribution in [3.8, 4) is 0 Å². The summed E-state index contributed by atoms with van der Waals surface area (Å²) in [6.45, 7) is -1.00. The SMILES string of the molecule is O=C(OC(COS(=O)O)OC(=O)ON1C(=O)CCC1=O)ON1C(=O)CCC1=O. The van der Waals surface area contributed by atoms with Crippen LogP contribution in [-0.4, -0.2) is 67.7 Å². The standard InChI is InChI=1S/C12H12N2O13S/c15-6-1-2-7(16)13(6)26-11(19)24-10(5-23-28(21)22)25-12(20)27-14-8(17)3-4-9(14)18/h10H,1-5H2,(H,21,22). The molecule has 0 bridgehead atoms. The molecule has 0 aromatic carbocycles. The van der Waals surface area contributed by atoms with Gasteiger partial charge in [-0.3, -0.25) is 37.6 Å². The van der Waals surface area contributed by atoms with Gasteiger partial charge in [-0.2, -0.15) is 4.21 Å². The zero-order chi connectivity index (χ0) is 20.8. The maximum absolute atomic E-state index is 11.6. The lowest BCUT2D eigenvalue weighted by molar-refractivity contribution is -0.197. The number of amides is 4. The van der Waals surface area contributed by atoms with E-state index in [2.05, 4.69) is 23.3 Å². The number of hydrogen-bond donors (Lipinski definition) is 1. The van der Waals surface area contributed by atoms with Crippen LogP contribution in [0, 0.1) is 0 Å². The van der Waals surface area contributed by atoms with E-state index >= 15 is 0 Å². The number of carbonyl (C=O) groups excluding carboxylic acids is 6. The van der Waals surface area contributed by atoms with Crippen molar-refractivity contribution in [2.45, 2.75) is 32.0 Å². The zero-order valence-electron chi connectivity index (χ0n) is 13.8. The summed E-state index contributed by atoms with van der Waals surface area (Å²) in [6.07, 6.45) is -6.21. The average Bonchev–Trinajstić information content (AvgIpc) is 3.09. The lowest BCUT2D eigenvalue weighted by atomic mass is 10.4. The van der Waals surface area contributed by atoms with Crippen molar-refractivity contribution in [3.63, 3.8) is 0 Å². The van der Waals surface area contributed by atoms with Crippen LogP contribution in [0.25, 0.3) is 0 Å². The van der Waals surface area contributed by atoms with Crippen LogP contribution in [-0.2, 0) is 53.9 Å². The summed E-state index contributed by atoms with van der Waals surface area (Å²) in [7, 11) is 0. The van der Waals surface area contributed by atoms with Gasteiger partial charge in [-0.15, -0.1) is 0 Å². The Bertz CT molecular complexity index is 653. The molecule has 1 atom stereocenters. The topological polar surface area (TPSA) is 192 Å². The molecule has 0 aromatic heterocycles. The summed E-state index contributed by atoms with van der Waals surface area (Å²) in [4.78, 5) is 77.4. The summed E-state index contributed by atoms with van der Waals surface area (Å²) in [5, 5.41) is 0.259. The summed E-state index contributed by atoms with van der Waals surface area (Å²) in [5.74, 6) is -3.29. The Labute approximate surface area is 157 Å². The first-order valence-corrected chi connectivity index (χ1v) is 8.43. The molecule has 28 heavy (non-hydrogen) atoms. The van der Waals surface area contributed by atoms with Crippen molar-refractivity contribution in [1.29, 1.82) is 0 Å². The van der Waals surface area contributed by atoms with Gasteiger partial charge in [0.25, 0.3) is 29.9 Å². The van der Waals surface area contributed by atoms with Crippen molar-refractivity contribution >= 4 is 47.3 Å². The number of carbonyl (C=O) groups is 6. The van der Waals surface area contributed by atoms with Crippen LogP contribution in [0.3, 0.4) is 0 Å². The fourth-order valence-corrected chi connectivity index (χ4v) is 2.16. The van der Waals surface area contributed by atoms with Crippen LogP contribution >= 0.6 is 0 Å². The minimum Gasteiger partial charge on any atom is -0.389 e. The summed E-state index contributed by atoms with van der Waals surface area (Å²) in [6, 6.07) is 0. The zero-order valence-corrected chi connectivity index (χ0v) is 14.6. The van der Waals surface area contributed by atoms with Gasteiger partial charge in [-0.25, -0.2) is 9.59 Å². The van der Waals surface area contributed by atoms with E-state index in [9.17, 15) is 33.0 Å². The van der Waals surface area contributed by atoms with Gasteiger partial charge in [0.1, 0.15) is 6.61 Å². The number of nitrogens with zero attached hydrogens (tertiary/aromatic N) is 2. The van der Waals surface area contributed by atoms with Crippen molar-refractivity contribution < 1.29 is 60.9 Å². The Morgan fingerprint density at radius 1 is 0.857 bits per heavy atom. The number of hydroxylamine groups is 4. The van der Waals surface area contributed by atoms with Crippen molar-refractivity contribution in [1.82, 2.24) is 10.1 Å². The second-order valence-electron chi connectivity index (χ2n) is 5.01. The molecule has 1 unspecified atom stereocenters. The highest BCUT2D eigenvalue weighted by Crippen LogP contribution is 2.15. The first kappa shape index (κ1) is 21.2. The Balaban J connectivity index is 1.93. The highest BCUT2D eigenvalue weighted by Gasteiger charge is 2.36. The first-order chi connectivity index (χ1) is 13.2. The second-order valence-corrected chi connectivity index (χ2v) is 5.68. The number of hydrogen-bond acceptors (Lipinski definition) is 12. The molecule has 0 aliphatic carbocycles. The minimum absolute atomic E-state index is 0.129. The molecule has 2 fully saturated rings. The molecule has 2 aliphatic heterocycles. The van der Waals surface area contributed by atoms with Crippen LogP contribution in [0.1, 0.15) is 25.7 Å². The van der Waals surface area contributed by atoms with Gasteiger partial charge in [0.05, 0.1) is 0 Å². The Hall–Kier alpha value is -3.11. The van der Waals surface area contributed by atoms with Crippen LogP contribution in [0.5, 0.6) is 0 Å². The largest absolute Gasteiger partial charge is 0.537 e. The fourth-order valence-electron chi connectivity index (χ4n) is 1.93. The molecule has 0 radical (unpaired) electrons. The molecule has 2 saturated heterocycles. The Morgan fingerprint density at radius 2 is 1.21 bits per heavy atom. The molecule has 2 aliphatic rings. The van der Waals surface area contributed by atoms with Gasteiger partial charge in [-0.1, -0.05) is 10.1 Å². The summed E-state index contributed by atoms with van der Waals surface area (Å²) < 4.78 is 32.3. The lowest BCUT2D eigenvalue weighted by Crippen LogP contribution is -2.38. The van der Waals surface area contributed by atoms with Crippen molar-refractivity contribution in [3.05, 3.63) is 0 Å². The normalized spacial score (nSPS) is 17.9. The van der Waals surface area contributed by atoms with Gasteiger partial charge >= 0.3 is 23.7 Å². The molecular weight excluding hydrogens is 412 g/mol. The molecule has 15 nitrogen and oxygen atoms in total. The van der Waals surface area contributed by atoms with Gasteiger partial charge in [0, 0.05) is 25.7 Å². The highest BCUT2D eigenvalue weighted by atomic mass is 32.2. The van der Waals surface area contributed by atoms with Crippen LogP contribution in [0.4, 0.5) is 9.59 Å². The Kier molecular flexibility index (Phi) is 6.96. The third-order valence-electron chi connectivity index (χ3n) is 3.10. The molecular formula is C12H12N2O13S. The number of imide groups is 2. The molecule has 16 heteroatoms. The predicted octanol–water partition coefficient (Wildman–Crippen LogP) is -1.10. The monoisotopic (exact) mass is 424 g/mol. The number of ether oxygens (including phenoxy) is 2. The van der Waals surface area contributed by atoms with Gasteiger partial charge in [0.2, 0.25) is 0 Å². The lowest BCUT2D eigenvalue weighted by Gasteiger charge is -2.19. The highest BCUT2D eigenvalue weighted by molar-refractivity contribution is 7.74. The fraction of sp³-hybridized carbons (Fsp3) is 0.500. The van der Waals surface area contributed by atoms with E-state index in [0.717, 1.165) is 0 Å². The van der Waals surface area contributed by atoms with E-state index in [1.165, 1.54) is 0 Å². The first-order valence-electron chi connectivity index (χ1n) is 7.40. The molecule has 2 heterocycles. The van der Waals surface area contributed by atoms with Crippen molar-refractivity contribution in [2.75, 3.05) is 6.61 Å². The van der Waals surface area contributed by atoms with E-state index in [4.69, 9.17) is 4.55 Å². The maximum Gasteiger partial charge on any atom is 0.537 e. The molecule has 0 saturated carbocycles. The minimum atomic E-state index is -2.85. The summed E-state index contributed by atoms with van der Waals surface area (Å²) >= 11 is -2.85. The Morgan fingerprint density at radius 3 is 1.54 bits per heavy atom. The van der Waals surface area contributed by atoms with E-state index in [1.807, 2.05) is 0 Å². The quantitative estimate of drug-likeness (QED) is 0.224. The molecule has 1 N–H and O–H groups in total. The second kappa shape index (κ2) is 9.20. The van der Waals surface area contributed by atoms with E-state index in [1.54, 1.807) is 0 Å². The molecule has 0 aromatic rings. The van der Waals surface area contributed by atoms with Crippen molar-refractivity contribution in [2.24, 2.45) is 0 Å². The van der Waals surface area contributed by atoms with Gasteiger partial charge in [0.15, 0.2) is 0 Å². The van der Waals surface area contributed by atoms with Crippen LogP contribution in [0.2, 0.25) is 0 Å². The molecule has 2 rings (SSSR count). The van der Waals surface area contributed by atoms with E-state index in [0.29, 0.717) is 0 Å². The van der Waals surface area contributed by atoms with E-state index in [-0.39, 0.29) is 35.8 Å². The smallest absolute Gasteiger partial charge is 0.389 e. The third-order valence-corrected chi connectivity index (χ3v) is 3.44. The third kappa shape index (κ3) is 5.69. The average molecular weight is 424 g/mol. The van der Waals surface area contributed by atoms with Gasteiger partial charge in [-0.05, 0) is 0 Å². The van der Waals surface area contributed by atoms with E-state index < -0.39 is 60.2 Å². The van der Waals surface area contributed by atoms with Gasteiger partial charge < -0.3 is 9.47 Å². The van der Waals surface area contributed by atoms with Crippen LogP contribution < -0.4 is 0 Å². The number of rotatable bonds is 7. The molecule has 0 spiro atoms. The summed E-state index contributed by atoms with van der Waals surface area (Å²) in [5.41, 5.74) is 0. The maximum atomic E-state index is 11.6.